The summed E-state index contributed by atoms with van der Waals surface area (Å²) in [5.41, 5.74) is 3.06. The molecule has 0 aliphatic carbocycles. The van der Waals surface area contributed by atoms with Gasteiger partial charge in [-0.2, -0.15) is 8.42 Å². The number of rotatable bonds is 3. The lowest BCUT2D eigenvalue weighted by Crippen LogP contribution is -2.43. The van der Waals surface area contributed by atoms with E-state index in [0.29, 0.717) is 14.8 Å². The highest BCUT2D eigenvalue weighted by molar-refractivity contribution is 8.10. The molecule has 1 atom stereocenters. The lowest BCUT2D eigenvalue weighted by atomic mass is 9.90. The topological polar surface area (TPSA) is 87.3 Å². The highest BCUT2D eigenvalue weighted by atomic mass is 32.3. The lowest BCUT2D eigenvalue weighted by molar-refractivity contribution is 0.579. The van der Waals surface area contributed by atoms with Gasteiger partial charge in [-0.25, -0.2) is 8.42 Å². The summed E-state index contributed by atoms with van der Waals surface area (Å²) in [5, 5.41) is 2.86. The van der Waals surface area contributed by atoms with Gasteiger partial charge in [-0.05, 0) is 41.5 Å². The summed E-state index contributed by atoms with van der Waals surface area (Å²) >= 11 is 0. The number of anilines is 1. The van der Waals surface area contributed by atoms with Crippen LogP contribution >= 0.6 is 0 Å². The maximum atomic E-state index is 13.7. The standard InChI is InChI=1S/C27H22N2O4S2/c1-18-10-14-22(15-11-18)35(32,33)29-27-26(23-8-4-5-9-25(23)28-27)24(17-34(29,30)31)21-13-12-19-6-2-3-7-20(19)16-21/h2-16,24,28H,17H2,1H3. The molecule has 0 amide bonds. The highest BCUT2D eigenvalue weighted by Crippen LogP contribution is 2.46. The maximum absolute atomic E-state index is 13.7. The van der Waals surface area contributed by atoms with Crippen molar-refractivity contribution in [3.63, 3.8) is 0 Å². The molecule has 1 unspecified atom stereocenters. The van der Waals surface area contributed by atoms with E-state index >= 15 is 0 Å². The average Bonchev–Trinajstić information content (AvgIpc) is 3.21. The van der Waals surface area contributed by atoms with E-state index in [1.165, 1.54) is 12.1 Å². The Kier molecular flexibility index (Phi) is 4.81. The van der Waals surface area contributed by atoms with Crippen LogP contribution in [0.4, 0.5) is 5.82 Å². The molecule has 4 aromatic carbocycles. The van der Waals surface area contributed by atoms with Gasteiger partial charge in [-0.3, -0.25) is 0 Å². The number of benzene rings is 4. The molecule has 6 nitrogen and oxygen atoms in total. The lowest BCUT2D eigenvalue weighted by Gasteiger charge is -2.32. The summed E-state index contributed by atoms with van der Waals surface area (Å²) < 4.78 is 55.4. The molecule has 8 heteroatoms. The van der Waals surface area contributed by atoms with E-state index in [0.717, 1.165) is 27.3 Å². The molecular formula is C27H22N2O4S2. The number of hydrogen-bond donors (Lipinski definition) is 1. The normalized spacial score (nSPS) is 17.5. The maximum Gasteiger partial charge on any atom is 0.278 e. The second-order valence-corrected chi connectivity index (χ2v) is 12.8. The van der Waals surface area contributed by atoms with Crippen molar-refractivity contribution in [1.82, 2.24) is 4.98 Å². The van der Waals surface area contributed by atoms with Crippen LogP contribution in [-0.4, -0.2) is 27.6 Å². The Morgan fingerprint density at radius 3 is 2.31 bits per heavy atom. The van der Waals surface area contributed by atoms with Crippen molar-refractivity contribution in [3.05, 3.63) is 108 Å². The molecule has 1 aliphatic heterocycles. The van der Waals surface area contributed by atoms with E-state index in [1.54, 1.807) is 12.1 Å². The molecule has 6 rings (SSSR count). The average molecular weight is 503 g/mol. The highest BCUT2D eigenvalue weighted by Gasteiger charge is 2.46. The minimum atomic E-state index is -4.37. The van der Waals surface area contributed by atoms with E-state index in [9.17, 15) is 16.8 Å². The van der Waals surface area contributed by atoms with Gasteiger partial charge in [0.25, 0.3) is 20.0 Å². The van der Waals surface area contributed by atoms with E-state index in [2.05, 4.69) is 4.98 Å². The van der Waals surface area contributed by atoms with E-state index in [1.807, 2.05) is 73.7 Å². The zero-order chi connectivity index (χ0) is 24.4. The summed E-state index contributed by atoms with van der Waals surface area (Å²) in [7, 11) is -8.61. The van der Waals surface area contributed by atoms with Gasteiger partial charge in [0.1, 0.15) is 5.82 Å². The first kappa shape index (κ1) is 21.9. The number of para-hydroxylation sites is 1. The van der Waals surface area contributed by atoms with Crippen molar-refractivity contribution in [3.8, 4) is 0 Å². The van der Waals surface area contributed by atoms with Gasteiger partial charge < -0.3 is 4.98 Å². The Morgan fingerprint density at radius 2 is 1.54 bits per heavy atom. The predicted molar refractivity (Wildman–Crippen MR) is 139 cm³/mol. The molecule has 0 fully saturated rings. The van der Waals surface area contributed by atoms with E-state index in [4.69, 9.17) is 0 Å². The Bertz CT molecular complexity index is 1820. The van der Waals surface area contributed by atoms with Crippen molar-refractivity contribution in [1.29, 1.82) is 0 Å². The molecular weight excluding hydrogens is 480 g/mol. The molecule has 2 heterocycles. The molecule has 1 aliphatic rings. The van der Waals surface area contributed by atoms with Crippen LogP contribution in [0.15, 0.2) is 95.9 Å². The molecule has 0 bridgehead atoms. The van der Waals surface area contributed by atoms with Crippen LogP contribution < -0.4 is 3.71 Å². The first-order valence-electron chi connectivity index (χ1n) is 11.2. The number of nitrogens with one attached hydrogen (secondary N) is 1. The van der Waals surface area contributed by atoms with Crippen LogP contribution in [0.2, 0.25) is 0 Å². The third kappa shape index (κ3) is 3.44. The number of hydrogen-bond acceptors (Lipinski definition) is 4. The van der Waals surface area contributed by atoms with Gasteiger partial charge in [-0.15, -0.1) is 3.71 Å². The Morgan fingerprint density at radius 1 is 0.857 bits per heavy atom. The van der Waals surface area contributed by atoms with E-state index < -0.39 is 26.0 Å². The zero-order valence-corrected chi connectivity index (χ0v) is 20.5. The molecule has 0 radical (unpaired) electrons. The first-order chi connectivity index (χ1) is 16.8. The third-order valence-electron chi connectivity index (χ3n) is 6.60. The molecule has 0 spiro atoms. The van der Waals surface area contributed by atoms with E-state index in [-0.39, 0.29) is 16.5 Å². The smallest absolute Gasteiger partial charge is 0.278 e. The number of aryl methyl sites for hydroxylation is 1. The molecule has 1 aromatic heterocycles. The van der Waals surface area contributed by atoms with Gasteiger partial charge in [0.2, 0.25) is 0 Å². The van der Waals surface area contributed by atoms with Crippen LogP contribution in [0.3, 0.4) is 0 Å². The van der Waals surface area contributed by atoms with Gasteiger partial charge in [0.15, 0.2) is 0 Å². The fraction of sp³-hybridized carbons (Fsp3) is 0.111. The summed E-state index contributed by atoms with van der Waals surface area (Å²) in [6.07, 6.45) is 0. The number of aromatic nitrogens is 1. The third-order valence-corrected chi connectivity index (χ3v) is 10.8. The minimum absolute atomic E-state index is 0.0690. The summed E-state index contributed by atoms with van der Waals surface area (Å²) in [5.74, 6) is -0.804. The second kappa shape index (κ2) is 7.69. The fourth-order valence-electron chi connectivity index (χ4n) is 4.91. The second-order valence-electron chi connectivity index (χ2n) is 8.89. The number of H-pyrrole nitrogens is 1. The fourth-order valence-corrected chi connectivity index (χ4v) is 8.94. The quantitative estimate of drug-likeness (QED) is 0.363. The molecule has 1 N–H and O–H groups in total. The Labute approximate surface area is 203 Å². The minimum Gasteiger partial charge on any atom is -0.339 e. The number of aromatic amines is 1. The molecule has 35 heavy (non-hydrogen) atoms. The summed E-state index contributed by atoms with van der Waals surface area (Å²) in [6.45, 7) is 1.85. The van der Waals surface area contributed by atoms with Crippen LogP contribution in [0.25, 0.3) is 21.7 Å². The Hall–Kier alpha value is -3.62. The van der Waals surface area contributed by atoms with Crippen molar-refractivity contribution in [2.24, 2.45) is 0 Å². The molecule has 0 saturated carbocycles. The van der Waals surface area contributed by atoms with Gasteiger partial charge >= 0.3 is 0 Å². The summed E-state index contributed by atoms with van der Waals surface area (Å²) in [6, 6.07) is 27.4. The monoisotopic (exact) mass is 502 g/mol. The van der Waals surface area contributed by atoms with Crippen LogP contribution in [0.1, 0.15) is 22.6 Å². The molecule has 5 aromatic rings. The Balaban J connectivity index is 1.61. The number of nitrogens with zero attached hydrogens (tertiary/aromatic N) is 1. The van der Waals surface area contributed by atoms with Gasteiger partial charge in [0, 0.05) is 22.4 Å². The summed E-state index contributed by atoms with van der Waals surface area (Å²) in [4.78, 5) is 3.04. The van der Waals surface area contributed by atoms with Gasteiger partial charge in [-0.1, -0.05) is 78.4 Å². The predicted octanol–water partition coefficient (Wildman–Crippen LogP) is 5.30. The SMILES string of the molecule is Cc1ccc(S(=O)(=O)N2c3[nH]c4ccccc4c3C(c3ccc4ccccc4c3)CS2(=O)=O)cc1. The molecule has 0 saturated heterocycles. The van der Waals surface area contributed by atoms with Crippen LogP contribution in [0, 0.1) is 6.92 Å². The number of sulfonamides is 2. The molecule has 176 valence electrons. The largest absolute Gasteiger partial charge is 0.339 e. The van der Waals surface area contributed by atoms with Crippen molar-refractivity contribution >= 4 is 47.5 Å². The van der Waals surface area contributed by atoms with Crippen LogP contribution in [-0.2, 0) is 20.0 Å². The van der Waals surface area contributed by atoms with Crippen LogP contribution in [0.5, 0.6) is 0 Å². The first-order valence-corrected chi connectivity index (χ1v) is 14.2. The van der Waals surface area contributed by atoms with Crippen molar-refractivity contribution in [2.45, 2.75) is 17.7 Å². The van der Waals surface area contributed by atoms with Crippen molar-refractivity contribution < 1.29 is 16.8 Å². The zero-order valence-electron chi connectivity index (χ0n) is 18.8. The van der Waals surface area contributed by atoms with Gasteiger partial charge in [0.05, 0.1) is 10.6 Å². The number of fused-ring (bicyclic) bond motifs is 4. The van der Waals surface area contributed by atoms with Crippen molar-refractivity contribution in [2.75, 3.05) is 9.46 Å².